The Hall–Kier alpha value is -0.440. The number of aliphatic hydroxyl groups excluding tert-OH is 8. The molecule has 2 saturated heterocycles. The lowest BCUT2D eigenvalue weighted by Crippen LogP contribution is -2.77. The second kappa shape index (κ2) is 6.46. The van der Waals surface area contributed by atoms with Gasteiger partial charge in [0.25, 0.3) is 0 Å². The van der Waals surface area contributed by atoms with Crippen LogP contribution in [0.4, 0.5) is 0 Å². The second-order valence-corrected chi connectivity index (χ2v) is 5.78. The number of hydrogen-bond acceptors (Lipinski definition) is 11. The van der Waals surface area contributed by atoms with E-state index >= 15 is 0 Å². The fourth-order valence-electron chi connectivity index (χ4n) is 3.08. The minimum absolute atomic E-state index is 0.777. The van der Waals surface area contributed by atoms with Crippen LogP contribution in [0.25, 0.3) is 0 Å². The van der Waals surface area contributed by atoms with Crippen molar-refractivity contribution in [2.75, 3.05) is 19.8 Å². The van der Waals surface area contributed by atoms with Crippen LogP contribution in [0, 0.1) is 0 Å². The van der Waals surface area contributed by atoms with E-state index in [9.17, 15) is 35.7 Å². The lowest BCUT2D eigenvalue weighted by atomic mass is 9.78. The summed E-state index contributed by atoms with van der Waals surface area (Å²) in [5.74, 6) is -2.99. The maximum absolute atomic E-state index is 10.7. The van der Waals surface area contributed by atoms with Crippen molar-refractivity contribution in [1.82, 2.24) is 0 Å². The monoisotopic (exact) mass is 342 g/mol. The van der Waals surface area contributed by atoms with E-state index in [0.717, 1.165) is 0 Å². The van der Waals surface area contributed by atoms with Crippen LogP contribution in [0.2, 0.25) is 0 Å². The second-order valence-electron chi connectivity index (χ2n) is 5.78. The number of ether oxygens (including phenoxy) is 2. The predicted molar refractivity (Wildman–Crippen MR) is 68.7 cm³/mol. The molecule has 23 heavy (non-hydrogen) atoms. The van der Waals surface area contributed by atoms with Crippen LogP contribution >= 0.6 is 0 Å². The smallest absolute Gasteiger partial charge is 0.230 e. The summed E-state index contributed by atoms with van der Waals surface area (Å²) in [5.41, 5.74) is -2.53. The number of hydrogen-bond donors (Lipinski definition) is 9. The van der Waals surface area contributed by atoms with Crippen LogP contribution in [0.5, 0.6) is 0 Å². The van der Waals surface area contributed by atoms with E-state index in [4.69, 9.17) is 19.7 Å². The van der Waals surface area contributed by atoms with Crippen LogP contribution in [0.15, 0.2) is 0 Å². The highest BCUT2D eigenvalue weighted by Crippen LogP contribution is 2.45. The molecule has 0 aromatic rings. The zero-order valence-corrected chi connectivity index (χ0v) is 12.0. The highest BCUT2D eigenvalue weighted by molar-refractivity contribution is 5.15. The van der Waals surface area contributed by atoms with Gasteiger partial charge in [0.2, 0.25) is 5.79 Å². The molecule has 0 amide bonds. The van der Waals surface area contributed by atoms with Crippen molar-refractivity contribution in [3.8, 4) is 0 Å². The van der Waals surface area contributed by atoms with E-state index in [2.05, 4.69) is 0 Å². The van der Waals surface area contributed by atoms with E-state index in [1.807, 2.05) is 0 Å². The number of rotatable bonds is 4. The molecular weight excluding hydrogens is 320 g/mol. The summed E-state index contributed by atoms with van der Waals surface area (Å²) in [6.45, 7) is -2.81. The Morgan fingerprint density at radius 3 is 1.65 bits per heavy atom. The van der Waals surface area contributed by atoms with Crippen molar-refractivity contribution in [1.29, 1.82) is 0 Å². The van der Waals surface area contributed by atoms with E-state index < -0.39 is 73.9 Å². The van der Waals surface area contributed by atoms with Crippen molar-refractivity contribution in [2.24, 2.45) is 0 Å². The van der Waals surface area contributed by atoms with Crippen molar-refractivity contribution < 1.29 is 55.4 Å². The minimum atomic E-state index is -2.99. The van der Waals surface area contributed by atoms with Gasteiger partial charge in [0.15, 0.2) is 5.60 Å². The lowest BCUT2D eigenvalue weighted by molar-refractivity contribution is -0.415. The average molecular weight is 342 g/mol. The molecule has 2 fully saturated rings. The molecule has 0 aromatic heterocycles. The first-order valence-corrected chi connectivity index (χ1v) is 7.01. The summed E-state index contributed by atoms with van der Waals surface area (Å²) in [4.78, 5) is 0. The zero-order chi connectivity index (χ0) is 17.6. The molecule has 0 radical (unpaired) electrons. The van der Waals surface area contributed by atoms with Gasteiger partial charge in [0.05, 0.1) is 19.8 Å². The van der Waals surface area contributed by atoms with Gasteiger partial charge in [-0.05, 0) is 0 Å². The van der Waals surface area contributed by atoms with Gasteiger partial charge in [-0.1, -0.05) is 0 Å². The maximum Gasteiger partial charge on any atom is 0.230 e. The first-order chi connectivity index (χ1) is 10.7. The normalized spacial score (nSPS) is 54.4. The van der Waals surface area contributed by atoms with E-state index in [1.54, 1.807) is 0 Å². The first kappa shape index (κ1) is 18.9. The molecule has 0 aliphatic carbocycles. The van der Waals surface area contributed by atoms with Gasteiger partial charge < -0.3 is 55.4 Å². The third-order valence-corrected chi connectivity index (χ3v) is 4.53. The van der Waals surface area contributed by atoms with Gasteiger partial charge in [0, 0.05) is 0 Å². The molecule has 9 N–H and O–H groups in total. The molecule has 0 aromatic carbocycles. The fraction of sp³-hybridized carbons (Fsp3) is 1.00. The predicted octanol–water partition coefficient (Wildman–Crippen LogP) is -6.01. The zero-order valence-electron chi connectivity index (χ0n) is 12.0. The van der Waals surface area contributed by atoms with Gasteiger partial charge >= 0.3 is 0 Å². The summed E-state index contributed by atoms with van der Waals surface area (Å²) < 4.78 is 10.2. The molecule has 11 heteroatoms. The summed E-state index contributed by atoms with van der Waals surface area (Å²) in [6.07, 6.45) is -12.7. The molecule has 2 aliphatic heterocycles. The minimum Gasteiger partial charge on any atom is -0.394 e. The molecule has 0 unspecified atom stereocenters. The Bertz CT molecular complexity index is 420. The Kier molecular flexibility index (Phi) is 5.31. The molecule has 11 nitrogen and oxygen atoms in total. The topological polar surface area (TPSA) is 201 Å². The Labute approximate surface area is 130 Å². The molecular formula is C12H22O11. The fourth-order valence-corrected chi connectivity index (χ4v) is 3.08. The molecule has 136 valence electrons. The van der Waals surface area contributed by atoms with Crippen molar-refractivity contribution in [3.05, 3.63) is 0 Å². The summed E-state index contributed by atoms with van der Waals surface area (Å²) in [6, 6.07) is 0. The highest BCUT2D eigenvalue weighted by Gasteiger charge is 2.71. The van der Waals surface area contributed by atoms with Gasteiger partial charge in [-0.15, -0.1) is 0 Å². The molecule has 0 bridgehead atoms. The molecule has 2 aliphatic rings. The summed E-state index contributed by atoms with van der Waals surface area (Å²) >= 11 is 0. The van der Waals surface area contributed by atoms with Crippen LogP contribution in [0.3, 0.4) is 0 Å². The Morgan fingerprint density at radius 2 is 1.22 bits per heavy atom. The molecule has 0 spiro atoms. The molecule has 9 atom stereocenters. The SMILES string of the molecule is OC[C@H]1O[C@@](CO)([C@@]2(O)O[C@H](CO)[C@@H](O)[C@H](O)[C@H]2O)[C@@H](O)[C@@H]1O. The maximum atomic E-state index is 10.7. The van der Waals surface area contributed by atoms with Crippen LogP contribution < -0.4 is 0 Å². The van der Waals surface area contributed by atoms with Gasteiger partial charge in [-0.2, -0.15) is 0 Å². The highest BCUT2D eigenvalue weighted by atomic mass is 16.7. The molecule has 2 heterocycles. The van der Waals surface area contributed by atoms with Crippen molar-refractivity contribution >= 4 is 0 Å². The van der Waals surface area contributed by atoms with Gasteiger partial charge in [-0.3, -0.25) is 0 Å². The largest absolute Gasteiger partial charge is 0.394 e. The lowest BCUT2D eigenvalue weighted by Gasteiger charge is -2.53. The molecule has 0 saturated carbocycles. The van der Waals surface area contributed by atoms with Crippen molar-refractivity contribution in [2.45, 2.75) is 54.1 Å². The van der Waals surface area contributed by atoms with E-state index in [-0.39, 0.29) is 0 Å². The average Bonchev–Trinajstić information content (AvgIpc) is 2.81. The number of aliphatic hydroxyl groups is 9. The third-order valence-electron chi connectivity index (χ3n) is 4.53. The third kappa shape index (κ3) is 2.49. The first-order valence-electron chi connectivity index (χ1n) is 7.01. The van der Waals surface area contributed by atoms with Crippen LogP contribution in [-0.4, -0.2) is 120 Å². The Morgan fingerprint density at radius 1 is 0.696 bits per heavy atom. The summed E-state index contributed by atoms with van der Waals surface area (Å²) in [7, 11) is 0. The standard InChI is InChI=1S/C12H22O11/c13-1-4-6(16)8(18)10(20)12(21,23-4)11(3-15)9(19)7(17)5(2-14)22-11/h4-10,13-21H,1-3H2/t4-,5-,6-,7-,8+,9+,10-,11-,12+/m1/s1. The van der Waals surface area contributed by atoms with Gasteiger partial charge in [-0.25, -0.2) is 0 Å². The summed E-state index contributed by atoms with van der Waals surface area (Å²) in [5, 5.41) is 88.2. The Balaban J connectivity index is 2.46. The van der Waals surface area contributed by atoms with Crippen LogP contribution in [-0.2, 0) is 9.47 Å². The van der Waals surface area contributed by atoms with Crippen LogP contribution in [0.1, 0.15) is 0 Å². The van der Waals surface area contributed by atoms with Gasteiger partial charge in [0.1, 0.15) is 42.7 Å². The van der Waals surface area contributed by atoms with E-state index in [1.165, 1.54) is 0 Å². The quantitative estimate of drug-likeness (QED) is 0.235. The van der Waals surface area contributed by atoms with E-state index in [0.29, 0.717) is 0 Å². The molecule has 2 rings (SSSR count). The van der Waals surface area contributed by atoms with Crippen molar-refractivity contribution in [3.63, 3.8) is 0 Å².